The molecule has 2 saturated heterocycles. The summed E-state index contributed by atoms with van der Waals surface area (Å²) < 4.78 is 13.5. The average Bonchev–Trinajstić information content (AvgIpc) is 3.39. The highest BCUT2D eigenvalue weighted by atomic mass is 16.7. The van der Waals surface area contributed by atoms with Gasteiger partial charge in [0.05, 0.1) is 19.4 Å². The number of nitrogens with one attached hydrogen (secondary N) is 1. The minimum absolute atomic E-state index is 0.147. The van der Waals surface area contributed by atoms with Gasteiger partial charge in [-0.3, -0.25) is 14.2 Å². The van der Waals surface area contributed by atoms with Crippen LogP contribution < -0.4 is 5.32 Å². The van der Waals surface area contributed by atoms with Crippen LogP contribution in [0.1, 0.15) is 24.8 Å². The first-order valence-electron chi connectivity index (χ1n) is 10.8. The predicted octanol–water partition coefficient (Wildman–Crippen LogP) is 2.87. The van der Waals surface area contributed by atoms with Crippen LogP contribution in [0, 0.1) is 6.92 Å². The van der Waals surface area contributed by atoms with Gasteiger partial charge in [0, 0.05) is 56.9 Å². The third kappa shape index (κ3) is 3.88. The molecule has 31 heavy (non-hydrogen) atoms. The second-order valence-corrected chi connectivity index (χ2v) is 8.09. The minimum Gasteiger partial charge on any atom is -0.369 e. The molecule has 3 aromatic rings. The van der Waals surface area contributed by atoms with E-state index in [4.69, 9.17) is 14.5 Å². The van der Waals surface area contributed by atoms with Gasteiger partial charge >= 0.3 is 0 Å². The number of hydrogen-bond donors (Lipinski definition) is 1. The number of piperidine rings is 1. The maximum atomic E-state index is 12.8. The number of hydrogen-bond acceptors (Lipinski definition) is 6. The Morgan fingerprint density at radius 1 is 1.19 bits per heavy atom. The van der Waals surface area contributed by atoms with Crippen LogP contribution in [0.4, 0.5) is 5.82 Å². The highest BCUT2D eigenvalue weighted by Gasteiger charge is 2.40. The molecule has 1 N–H and O–H groups in total. The number of amides is 1. The zero-order valence-corrected chi connectivity index (χ0v) is 17.7. The van der Waals surface area contributed by atoms with Crippen molar-refractivity contribution in [2.24, 2.45) is 0 Å². The molecular formula is C23H27N5O3. The first-order chi connectivity index (χ1) is 15.2. The van der Waals surface area contributed by atoms with Crippen LogP contribution in [0.15, 0.2) is 42.9 Å². The van der Waals surface area contributed by atoms with Gasteiger partial charge in [0.2, 0.25) is 5.91 Å². The Morgan fingerprint density at radius 3 is 2.74 bits per heavy atom. The standard InChI is InChI=1S/C23H27N5O3/c1-17-4-2-3-5-18(17)21-22(28-13-10-24-16-19(28)26-21)25-9-6-20(29)27-11-7-23(8-12-27)30-14-15-31-23/h2-5,10,13,16,25H,6-9,11-12,14-15H2,1H3. The summed E-state index contributed by atoms with van der Waals surface area (Å²) in [6, 6.07) is 8.18. The number of anilines is 1. The summed E-state index contributed by atoms with van der Waals surface area (Å²) >= 11 is 0. The molecule has 2 aliphatic rings. The van der Waals surface area contributed by atoms with Crippen LogP contribution in [0.5, 0.6) is 0 Å². The highest BCUT2D eigenvalue weighted by Crippen LogP contribution is 2.32. The lowest BCUT2D eigenvalue weighted by Crippen LogP contribution is -2.47. The molecule has 0 radical (unpaired) electrons. The van der Waals surface area contributed by atoms with Crippen molar-refractivity contribution in [3.8, 4) is 11.3 Å². The van der Waals surface area contributed by atoms with Crippen molar-refractivity contribution in [3.63, 3.8) is 0 Å². The molecule has 2 aromatic heterocycles. The fourth-order valence-corrected chi connectivity index (χ4v) is 4.43. The molecule has 0 aliphatic carbocycles. The van der Waals surface area contributed by atoms with Crippen LogP contribution in [0.2, 0.25) is 0 Å². The van der Waals surface area contributed by atoms with Crippen LogP contribution in [-0.2, 0) is 14.3 Å². The summed E-state index contributed by atoms with van der Waals surface area (Å²) in [5, 5.41) is 3.46. The van der Waals surface area contributed by atoms with Crippen LogP contribution >= 0.6 is 0 Å². The number of imidazole rings is 1. The largest absolute Gasteiger partial charge is 0.369 e. The van der Waals surface area contributed by atoms with E-state index in [9.17, 15) is 4.79 Å². The molecule has 162 valence electrons. The van der Waals surface area contributed by atoms with Gasteiger partial charge in [0.1, 0.15) is 11.5 Å². The van der Waals surface area contributed by atoms with Crippen molar-refractivity contribution >= 4 is 17.4 Å². The lowest BCUT2D eigenvalue weighted by molar-refractivity contribution is -0.187. The van der Waals surface area contributed by atoms with E-state index < -0.39 is 5.79 Å². The van der Waals surface area contributed by atoms with Gasteiger partial charge in [-0.05, 0) is 12.5 Å². The molecule has 1 spiro atoms. The monoisotopic (exact) mass is 421 g/mol. The van der Waals surface area contributed by atoms with E-state index in [1.165, 1.54) is 0 Å². The maximum Gasteiger partial charge on any atom is 0.224 e. The summed E-state index contributed by atoms with van der Waals surface area (Å²) in [7, 11) is 0. The summed E-state index contributed by atoms with van der Waals surface area (Å²) in [5.41, 5.74) is 3.86. The molecule has 0 saturated carbocycles. The number of aromatic nitrogens is 3. The number of fused-ring (bicyclic) bond motifs is 1. The maximum absolute atomic E-state index is 12.8. The smallest absolute Gasteiger partial charge is 0.224 e. The van der Waals surface area contributed by atoms with Crippen molar-refractivity contribution in [2.75, 3.05) is 38.2 Å². The van der Waals surface area contributed by atoms with E-state index in [0.29, 0.717) is 39.3 Å². The number of rotatable bonds is 5. The number of aryl methyl sites for hydroxylation is 1. The summed E-state index contributed by atoms with van der Waals surface area (Å²) in [6.45, 7) is 5.25. The van der Waals surface area contributed by atoms with Gasteiger partial charge in [-0.1, -0.05) is 24.3 Å². The third-order valence-electron chi connectivity index (χ3n) is 6.15. The summed E-state index contributed by atoms with van der Waals surface area (Å²) in [5.74, 6) is 0.570. The Balaban J connectivity index is 1.27. The Morgan fingerprint density at radius 2 is 1.97 bits per heavy atom. The number of nitrogens with zero attached hydrogens (tertiary/aromatic N) is 4. The Kier molecular flexibility index (Phi) is 5.33. The molecular weight excluding hydrogens is 394 g/mol. The fraction of sp³-hybridized carbons (Fsp3) is 0.435. The van der Waals surface area contributed by atoms with Crippen molar-refractivity contribution in [2.45, 2.75) is 32.0 Å². The van der Waals surface area contributed by atoms with E-state index >= 15 is 0 Å². The number of carbonyl (C=O) groups excluding carboxylic acids is 1. The van der Waals surface area contributed by atoms with Gasteiger partial charge in [-0.2, -0.15) is 0 Å². The zero-order chi connectivity index (χ0) is 21.3. The molecule has 0 bridgehead atoms. The van der Waals surface area contributed by atoms with Gasteiger partial charge in [0.25, 0.3) is 0 Å². The van der Waals surface area contributed by atoms with Crippen LogP contribution in [-0.4, -0.2) is 63.8 Å². The molecule has 5 rings (SSSR count). The van der Waals surface area contributed by atoms with Crippen LogP contribution in [0.25, 0.3) is 16.9 Å². The van der Waals surface area contributed by atoms with Gasteiger partial charge < -0.3 is 19.7 Å². The molecule has 2 aliphatic heterocycles. The summed E-state index contributed by atoms with van der Waals surface area (Å²) in [4.78, 5) is 23.7. The summed E-state index contributed by atoms with van der Waals surface area (Å²) in [6.07, 6.45) is 7.27. The lowest BCUT2D eigenvalue weighted by atomic mass is 10.0. The Hall–Kier alpha value is -2.97. The van der Waals surface area contributed by atoms with E-state index in [2.05, 4.69) is 29.4 Å². The van der Waals surface area contributed by atoms with E-state index in [1.807, 2.05) is 27.6 Å². The number of ether oxygens (including phenoxy) is 2. The van der Waals surface area contributed by atoms with Gasteiger partial charge in [-0.15, -0.1) is 0 Å². The highest BCUT2D eigenvalue weighted by molar-refractivity contribution is 5.80. The second kappa shape index (κ2) is 8.28. The number of carbonyl (C=O) groups is 1. The van der Waals surface area contributed by atoms with Crippen LogP contribution in [0.3, 0.4) is 0 Å². The topological polar surface area (TPSA) is 81.0 Å². The molecule has 2 fully saturated rings. The second-order valence-electron chi connectivity index (χ2n) is 8.09. The Labute approximate surface area is 181 Å². The Bertz CT molecular complexity index is 1080. The molecule has 1 amide bonds. The zero-order valence-electron chi connectivity index (χ0n) is 17.7. The number of likely N-dealkylation sites (tertiary alicyclic amines) is 1. The van der Waals surface area contributed by atoms with Crippen molar-refractivity contribution < 1.29 is 14.3 Å². The fourth-order valence-electron chi connectivity index (χ4n) is 4.43. The van der Waals surface area contributed by atoms with E-state index in [-0.39, 0.29) is 5.91 Å². The van der Waals surface area contributed by atoms with Crippen molar-refractivity contribution in [1.82, 2.24) is 19.3 Å². The van der Waals surface area contributed by atoms with Crippen molar-refractivity contribution in [1.29, 1.82) is 0 Å². The van der Waals surface area contributed by atoms with E-state index in [0.717, 1.165) is 41.1 Å². The number of benzene rings is 1. The molecule has 8 nitrogen and oxygen atoms in total. The third-order valence-corrected chi connectivity index (χ3v) is 6.15. The first kappa shape index (κ1) is 20.0. The molecule has 1 aromatic carbocycles. The van der Waals surface area contributed by atoms with Gasteiger partial charge in [0.15, 0.2) is 11.4 Å². The average molecular weight is 422 g/mol. The van der Waals surface area contributed by atoms with Crippen molar-refractivity contribution in [3.05, 3.63) is 48.4 Å². The normalized spacial score (nSPS) is 18.0. The molecule has 0 unspecified atom stereocenters. The lowest BCUT2D eigenvalue weighted by Gasteiger charge is -2.37. The quantitative estimate of drug-likeness (QED) is 0.682. The predicted molar refractivity (Wildman–Crippen MR) is 117 cm³/mol. The minimum atomic E-state index is -0.456. The molecule has 0 atom stereocenters. The van der Waals surface area contributed by atoms with Gasteiger partial charge in [-0.25, -0.2) is 4.98 Å². The SMILES string of the molecule is Cc1ccccc1-c1nc2cnccn2c1NCCC(=O)N1CCC2(CC1)OCCO2. The van der Waals surface area contributed by atoms with E-state index in [1.54, 1.807) is 12.4 Å². The first-order valence-corrected chi connectivity index (χ1v) is 10.8. The molecule has 8 heteroatoms. The molecule has 4 heterocycles.